The largest absolute Gasteiger partial charge is 0.338 e. The lowest BCUT2D eigenvalue weighted by atomic mass is 10.0. The van der Waals surface area contributed by atoms with Crippen LogP contribution in [0.2, 0.25) is 0 Å². The molecule has 2 unspecified atom stereocenters. The van der Waals surface area contributed by atoms with Crippen molar-refractivity contribution in [1.29, 1.82) is 5.26 Å². The highest BCUT2D eigenvalue weighted by molar-refractivity contribution is 7.43. The van der Waals surface area contributed by atoms with Crippen molar-refractivity contribution in [3.8, 4) is 6.07 Å². The first-order valence-corrected chi connectivity index (χ1v) is 9.03. The molecule has 1 aliphatic rings. The molecule has 0 aromatic heterocycles. The van der Waals surface area contributed by atoms with Crippen LogP contribution >= 0.6 is 8.53 Å². The number of aryl methyl sites for hydroxylation is 1. The minimum absolute atomic E-state index is 0.255. The first kappa shape index (κ1) is 17.4. The molecule has 0 radical (unpaired) electrons. The van der Waals surface area contributed by atoms with Gasteiger partial charge in [0, 0.05) is 18.0 Å². The number of hydrogen-bond donors (Lipinski definition) is 1. The number of nitrogens with zero attached hydrogens (tertiary/aromatic N) is 2. The maximum Gasteiger partial charge on any atom is 0.256 e. The van der Waals surface area contributed by atoms with Gasteiger partial charge in [0.1, 0.15) is 0 Å². The average Bonchev–Trinajstić information content (AvgIpc) is 2.86. The Morgan fingerprint density at radius 1 is 1.36 bits per heavy atom. The highest BCUT2D eigenvalue weighted by Gasteiger charge is 2.28. The molecular formula is C17H25N2O2P. The second-order valence-electron chi connectivity index (χ2n) is 6.38. The molecule has 5 heteroatoms. The van der Waals surface area contributed by atoms with Crippen LogP contribution in [0, 0.1) is 11.3 Å². The summed E-state index contributed by atoms with van der Waals surface area (Å²) in [5.41, 5.74) is 3.23. The van der Waals surface area contributed by atoms with E-state index in [4.69, 9.17) is 9.79 Å². The standard InChI is InChI=1S/C17H25N2O2P/c1-12(2)19(13(3)4)22(20)21-11-16-7-6-15-9-14(10-18)5-8-17(15)16/h5,8-9,12-13,16,20H,6-7,11H2,1-4H3. The van der Waals surface area contributed by atoms with Gasteiger partial charge in [-0.1, -0.05) is 6.07 Å². The molecule has 22 heavy (non-hydrogen) atoms. The summed E-state index contributed by atoms with van der Waals surface area (Å²) in [5.74, 6) is 0.320. The van der Waals surface area contributed by atoms with Crippen LogP contribution in [-0.2, 0) is 10.9 Å². The van der Waals surface area contributed by atoms with Crippen LogP contribution in [0.3, 0.4) is 0 Å². The molecule has 0 saturated heterocycles. The Balaban J connectivity index is 1.98. The van der Waals surface area contributed by atoms with Crippen LogP contribution in [0.5, 0.6) is 0 Å². The summed E-state index contributed by atoms with van der Waals surface area (Å²) in [4.78, 5) is 10.4. The van der Waals surface area contributed by atoms with Crippen molar-refractivity contribution < 1.29 is 9.42 Å². The van der Waals surface area contributed by atoms with Crippen molar-refractivity contribution >= 4 is 8.53 Å². The quantitative estimate of drug-likeness (QED) is 0.807. The Labute approximate surface area is 134 Å². The topological polar surface area (TPSA) is 56.5 Å². The summed E-state index contributed by atoms with van der Waals surface area (Å²) in [6.45, 7) is 8.83. The van der Waals surface area contributed by atoms with Crippen molar-refractivity contribution in [3.05, 3.63) is 34.9 Å². The highest BCUT2D eigenvalue weighted by atomic mass is 31.2. The molecule has 4 nitrogen and oxygen atoms in total. The fraction of sp³-hybridized carbons (Fsp3) is 0.588. The Morgan fingerprint density at radius 3 is 2.64 bits per heavy atom. The second kappa shape index (κ2) is 7.53. The molecule has 2 atom stereocenters. The average molecular weight is 320 g/mol. The third-order valence-corrected chi connectivity index (χ3v) is 5.82. The number of benzene rings is 1. The molecule has 0 bridgehead atoms. The predicted molar refractivity (Wildman–Crippen MR) is 89.4 cm³/mol. The van der Waals surface area contributed by atoms with Crippen LogP contribution in [0.25, 0.3) is 0 Å². The van der Waals surface area contributed by atoms with Gasteiger partial charge in [0.05, 0.1) is 18.2 Å². The van der Waals surface area contributed by atoms with E-state index in [-0.39, 0.29) is 12.1 Å². The molecule has 0 amide bonds. The van der Waals surface area contributed by atoms with E-state index in [1.165, 1.54) is 11.1 Å². The van der Waals surface area contributed by atoms with Crippen molar-refractivity contribution in [3.63, 3.8) is 0 Å². The zero-order valence-corrected chi connectivity index (χ0v) is 14.7. The second-order valence-corrected chi connectivity index (χ2v) is 7.60. The van der Waals surface area contributed by atoms with E-state index >= 15 is 0 Å². The normalized spacial score (nSPS) is 18.8. The number of rotatable bonds is 6. The van der Waals surface area contributed by atoms with Crippen LogP contribution in [-0.4, -0.2) is 28.3 Å². The molecule has 0 spiro atoms. The van der Waals surface area contributed by atoms with E-state index in [2.05, 4.69) is 33.8 Å². The monoisotopic (exact) mass is 320 g/mol. The molecular weight excluding hydrogens is 295 g/mol. The first-order valence-electron chi connectivity index (χ1n) is 7.87. The van der Waals surface area contributed by atoms with Crippen molar-refractivity contribution in [2.75, 3.05) is 6.61 Å². The van der Waals surface area contributed by atoms with Gasteiger partial charge < -0.3 is 9.42 Å². The summed E-state index contributed by atoms with van der Waals surface area (Å²) >= 11 is 0. The summed E-state index contributed by atoms with van der Waals surface area (Å²) in [7, 11) is -1.56. The van der Waals surface area contributed by atoms with Crippen molar-refractivity contribution in [2.45, 2.75) is 58.5 Å². The van der Waals surface area contributed by atoms with E-state index in [0.717, 1.165) is 18.4 Å². The smallest absolute Gasteiger partial charge is 0.256 e. The predicted octanol–water partition coefficient (Wildman–Crippen LogP) is 3.94. The van der Waals surface area contributed by atoms with Crippen LogP contribution in [0.15, 0.2) is 18.2 Å². The van der Waals surface area contributed by atoms with Gasteiger partial charge in [-0.05, 0) is 63.8 Å². The lowest BCUT2D eigenvalue weighted by Crippen LogP contribution is -2.33. The minimum Gasteiger partial charge on any atom is -0.338 e. The van der Waals surface area contributed by atoms with Gasteiger partial charge in [-0.3, -0.25) is 0 Å². The van der Waals surface area contributed by atoms with Gasteiger partial charge in [-0.15, -0.1) is 0 Å². The Hall–Kier alpha value is -0.980. The molecule has 0 fully saturated rings. The zero-order valence-electron chi connectivity index (χ0n) is 13.8. The van der Waals surface area contributed by atoms with E-state index in [1.807, 2.05) is 22.9 Å². The molecule has 1 aliphatic carbocycles. The fourth-order valence-electron chi connectivity index (χ4n) is 3.16. The van der Waals surface area contributed by atoms with E-state index < -0.39 is 8.53 Å². The van der Waals surface area contributed by atoms with E-state index in [0.29, 0.717) is 12.5 Å². The SMILES string of the molecule is CC(C)N(C(C)C)P(O)OCC1CCc2cc(C#N)ccc21. The van der Waals surface area contributed by atoms with E-state index in [1.54, 1.807) is 0 Å². The summed E-state index contributed by atoms with van der Waals surface area (Å²) in [6, 6.07) is 8.58. The summed E-state index contributed by atoms with van der Waals surface area (Å²) in [5, 5.41) is 8.97. The molecule has 1 N–H and O–H groups in total. The Kier molecular flexibility index (Phi) is 5.94. The molecule has 0 heterocycles. The van der Waals surface area contributed by atoms with Crippen LogP contribution < -0.4 is 0 Å². The maximum atomic E-state index is 10.4. The summed E-state index contributed by atoms with van der Waals surface area (Å²) < 4.78 is 7.82. The van der Waals surface area contributed by atoms with E-state index in [9.17, 15) is 4.89 Å². The fourth-order valence-corrected chi connectivity index (χ4v) is 4.40. The number of hydrogen-bond acceptors (Lipinski definition) is 4. The van der Waals surface area contributed by atoms with Gasteiger partial charge in [0.2, 0.25) is 0 Å². The summed E-state index contributed by atoms with van der Waals surface area (Å²) in [6.07, 6.45) is 2.01. The van der Waals surface area contributed by atoms with Gasteiger partial charge in [0.15, 0.2) is 0 Å². The lowest BCUT2D eigenvalue weighted by molar-refractivity contribution is 0.203. The van der Waals surface area contributed by atoms with Crippen molar-refractivity contribution in [2.24, 2.45) is 0 Å². The van der Waals surface area contributed by atoms with Crippen molar-refractivity contribution in [1.82, 2.24) is 4.67 Å². The third-order valence-electron chi connectivity index (χ3n) is 4.12. The van der Waals surface area contributed by atoms with Gasteiger partial charge in [-0.25, -0.2) is 4.67 Å². The van der Waals surface area contributed by atoms with Gasteiger partial charge >= 0.3 is 0 Å². The molecule has 1 aromatic rings. The lowest BCUT2D eigenvalue weighted by Gasteiger charge is -2.33. The molecule has 0 saturated carbocycles. The Bertz CT molecular complexity index is 546. The number of fused-ring (bicyclic) bond motifs is 1. The van der Waals surface area contributed by atoms with Gasteiger partial charge in [-0.2, -0.15) is 5.26 Å². The molecule has 0 aliphatic heterocycles. The zero-order chi connectivity index (χ0) is 16.3. The maximum absolute atomic E-state index is 10.4. The first-order chi connectivity index (χ1) is 10.4. The molecule has 1 aromatic carbocycles. The van der Waals surface area contributed by atoms with Crippen LogP contribution in [0.1, 0.15) is 56.7 Å². The third kappa shape index (κ3) is 3.86. The molecule has 2 rings (SSSR count). The molecule has 120 valence electrons. The van der Waals surface area contributed by atoms with Crippen LogP contribution in [0.4, 0.5) is 0 Å². The number of nitriles is 1. The highest BCUT2D eigenvalue weighted by Crippen LogP contribution is 2.43. The Morgan fingerprint density at radius 2 is 2.05 bits per heavy atom. The minimum atomic E-state index is -1.56. The van der Waals surface area contributed by atoms with Gasteiger partial charge in [0.25, 0.3) is 8.53 Å².